The van der Waals surface area contributed by atoms with Crippen LogP contribution >= 0.6 is 0 Å². The van der Waals surface area contributed by atoms with E-state index in [1.165, 1.54) is 28.0 Å². The van der Waals surface area contributed by atoms with Gasteiger partial charge in [0.15, 0.2) is 0 Å². The van der Waals surface area contributed by atoms with Gasteiger partial charge >= 0.3 is 0 Å². The van der Waals surface area contributed by atoms with Crippen molar-refractivity contribution < 1.29 is 9.47 Å². The first kappa shape index (κ1) is 19.1. The molecular formula is C24H29NO2. The van der Waals surface area contributed by atoms with Crippen molar-refractivity contribution in [1.82, 2.24) is 0 Å². The fraction of sp³-hybridized carbons (Fsp3) is 0.333. The van der Waals surface area contributed by atoms with E-state index in [2.05, 4.69) is 56.1 Å². The number of benzene rings is 2. The summed E-state index contributed by atoms with van der Waals surface area (Å²) in [6.07, 6.45) is 4.52. The molecule has 0 saturated heterocycles. The smallest absolute Gasteiger partial charge is 0.119 e. The van der Waals surface area contributed by atoms with Crippen molar-refractivity contribution >= 4 is 11.3 Å². The van der Waals surface area contributed by atoms with E-state index >= 15 is 0 Å². The molecule has 1 aliphatic heterocycles. The molecular weight excluding hydrogens is 334 g/mol. The summed E-state index contributed by atoms with van der Waals surface area (Å²) in [6.45, 7) is 6.76. The van der Waals surface area contributed by atoms with Crippen LogP contribution in [0.3, 0.4) is 0 Å². The lowest BCUT2D eigenvalue weighted by Crippen LogP contribution is -2.33. The zero-order valence-electron chi connectivity index (χ0n) is 17.0. The van der Waals surface area contributed by atoms with Gasteiger partial charge < -0.3 is 14.4 Å². The van der Waals surface area contributed by atoms with Crippen LogP contribution in [0.5, 0.6) is 11.5 Å². The number of rotatable bonds is 6. The average Bonchev–Trinajstić information content (AvgIpc) is 2.71. The summed E-state index contributed by atoms with van der Waals surface area (Å²) in [7, 11) is 3.40. The molecule has 142 valence electrons. The topological polar surface area (TPSA) is 21.7 Å². The van der Waals surface area contributed by atoms with E-state index in [1.807, 2.05) is 24.3 Å². The van der Waals surface area contributed by atoms with Gasteiger partial charge in [-0.25, -0.2) is 0 Å². The zero-order valence-corrected chi connectivity index (χ0v) is 17.0. The van der Waals surface area contributed by atoms with Gasteiger partial charge in [0, 0.05) is 11.9 Å². The quantitative estimate of drug-likeness (QED) is 0.622. The van der Waals surface area contributed by atoms with Crippen molar-refractivity contribution in [2.45, 2.75) is 39.7 Å². The van der Waals surface area contributed by atoms with Gasteiger partial charge in [-0.2, -0.15) is 0 Å². The lowest BCUT2D eigenvalue weighted by atomic mass is 9.86. The Morgan fingerprint density at radius 3 is 1.96 bits per heavy atom. The van der Waals surface area contributed by atoms with Gasteiger partial charge in [-0.3, -0.25) is 0 Å². The molecule has 0 spiro atoms. The molecule has 27 heavy (non-hydrogen) atoms. The second-order valence-electron chi connectivity index (χ2n) is 6.95. The maximum atomic E-state index is 5.33. The molecule has 1 heterocycles. The number of nitrogens with zero attached hydrogens (tertiary/aromatic N) is 1. The Hall–Kier alpha value is -2.68. The normalized spacial score (nSPS) is 17.0. The number of hydrogen-bond acceptors (Lipinski definition) is 3. The van der Waals surface area contributed by atoms with Gasteiger partial charge in [-0.1, -0.05) is 25.5 Å². The predicted molar refractivity (Wildman–Crippen MR) is 114 cm³/mol. The van der Waals surface area contributed by atoms with E-state index in [4.69, 9.17) is 9.47 Å². The Labute approximate surface area is 162 Å². The van der Waals surface area contributed by atoms with Crippen LogP contribution in [0, 0.1) is 0 Å². The maximum Gasteiger partial charge on any atom is 0.119 e. The van der Waals surface area contributed by atoms with Crippen LogP contribution in [0.15, 0.2) is 65.9 Å². The predicted octanol–water partition coefficient (Wildman–Crippen LogP) is 6.07. The number of anilines is 1. The third-order valence-electron chi connectivity index (χ3n) is 5.31. The fourth-order valence-electron chi connectivity index (χ4n) is 3.80. The molecule has 2 aromatic rings. The van der Waals surface area contributed by atoms with Gasteiger partial charge in [-0.05, 0) is 78.9 Å². The van der Waals surface area contributed by atoms with Gasteiger partial charge in [-0.15, -0.1) is 0 Å². The molecule has 3 rings (SSSR count). The molecule has 1 aliphatic rings. The zero-order chi connectivity index (χ0) is 19.4. The largest absolute Gasteiger partial charge is 0.497 e. The molecule has 0 amide bonds. The molecule has 0 N–H and O–H groups in total. The third-order valence-corrected chi connectivity index (χ3v) is 5.31. The summed E-state index contributed by atoms with van der Waals surface area (Å²) < 4.78 is 10.6. The minimum absolute atomic E-state index is 0.243. The van der Waals surface area contributed by atoms with Crippen LogP contribution in [0.25, 0.3) is 5.57 Å². The Morgan fingerprint density at radius 1 is 0.889 bits per heavy atom. The first-order valence-corrected chi connectivity index (χ1v) is 9.57. The van der Waals surface area contributed by atoms with Crippen molar-refractivity contribution in [3.8, 4) is 11.5 Å². The molecule has 0 bridgehead atoms. The molecule has 1 atom stereocenters. The standard InChI is InChI=1S/C24H29NO2/c1-6-7-20-16-25(21-10-14-23(27-5)15-11-21)18(3)24(17(20)2)19-8-12-22(26-4)13-9-19/h8-16,18H,6-7H2,1-5H3. The lowest BCUT2D eigenvalue weighted by molar-refractivity contribution is 0.414. The summed E-state index contributed by atoms with van der Waals surface area (Å²) in [5, 5.41) is 0. The highest BCUT2D eigenvalue weighted by atomic mass is 16.5. The number of allylic oxidation sites excluding steroid dienone is 2. The van der Waals surface area contributed by atoms with Crippen LogP contribution in [0.4, 0.5) is 5.69 Å². The number of ether oxygens (including phenoxy) is 2. The first-order valence-electron chi connectivity index (χ1n) is 9.57. The van der Waals surface area contributed by atoms with Crippen molar-refractivity contribution in [2.75, 3.05) is 19.1 Å². The molecule has 3 nitrogen and oxygen atoms in total. The second-order valence-corrected chi connectivity index (χ2v) is 6.95. The molecule has 0 saturated carbocycles. The monoisotopic (exact) mass is 363 g/mol. The number of hydrogen-bond donors (Lipinski definition) is 0. The molecule has 0 radical (unpaired) electrons. The van der Waals surface area contributed by atoms with Gasteiger partial charge in [0.25, 0.3) is 0 Å². The Kier molecular flexibility index (Phi) is 5.90. The van der Waals surface area contributed by atoms with Gasteiger partial charge in [0.05, 0.1) is 20.3 Å². The highest BCUT2D eigenvalue weighted by Gasteiger charge is 2.26. The van der Waals surface area contributed by atoms with E-state index < -0.39 is 0 Å². The average molecular weight is 364 g/mol. The fourth-order valence-corrected chi connectivity index (χ4v) is 3.80. The Balaban J connectivity index is 2.04. The van der Waals surface area contributed by atoms with Crippen molar-refractivity contribution in [3.05, 3.63) is 71.4 Å². The molecule has 0 aliphatic carbocycles. The number of methoxy groups -OCH3 is 2. The molecule has 0 aromatic heterocycles. The summed E-state index contributed by atoms with van der Waals surface area (Å²) in [5.41, 5.74) is 6.59. The van der Waals surface area contributed by atoms with Crippen LogP contribution in [-0.4, -0.2) is 20.3 Å². The second kappa shape index (κ2) is 8.34. The lowest BCUT2D eigenvalue weighted by Gasteiger charge is -2.37. The van der Waals surface area contributed by atoms with Crippen molar-refractivity contribution in [3.63, 3.8) is 0 Å². The highest BCUT2D eigenvalue weighted by molar-refractivity contribution is 5.81. The Bertz CT molecular complexity index is 832. The summed E-state index contributed by atoms with van der Waals surface area (Å²) >= 11 is 0. The van der Waals surface area contributed by atoms with Gasteiger partial charge in [0.2, 0.25) is 0 Å². The van der Waals surface area contributed by atoms with Crippen LogP contribution in [0.2, 0.25) is 0 Å². The Morgan fingerprint density at radius 2 is 1.44 bits per heavy atom. The minimum Gasteiger partial charge on any atom is -0.497 e. The van der Waals surface area contributed by atoms with Crippen LogP contribution in [0.1, 0.15) is 39.2 Å². The van der Waals surface area contributed by atoms with E-state index in [9.17, 15) is 0 Å². The molecule has 3 heteroatoms. The van der Waals surface area contributed by atoms with Gasteiger partial charge in [0.1, 0.15) is 11.5 Å². The molecule has 2 aromatic carbocycles. The van der Waals surface area contributed by atoms with Crippen LogP contribution in [-0.2, 0) is 0 Å². The van der Waals surface area contributed by atoms with Crippen LogP contribution < -0.4 is 14.4 Å². The van der Waals surface area contributed by atoms with E-state index in [-0.39, 0.29) is 6.04 Å². The summed E-state index contributed by atoms with van der Waals surface area (Å²) in [4.78, 5) is 2.37. The molecule has 0 fully saturated rings. The SMILES string of the molecule is CCCC1=CN(c2ccc(OC)cc2)C(C)C(c2ccc(OC)cc2)=C1C. The summed E-state index contributed by atoms with van der Waals surface area (Å²) in [5.74, 6) is 1.76. The van der Waals surface area contributed by atoms with E-state index in [0.717, 1.165) is 24.3 Å². The molecule has 1 unspecified atom stereocenters. The van der Waals surface area contributed by atoms with Crippen molar-refractivity contribution in [1.29, 1.82) is 0 Å². The third kappa shape index (κ3) is 3.87. The van der Waals surface area contributed by atoms with Crippen molar-refractivity contribution in [2.24, 2.45) is 0 Å². The first-order chi connectivity index (χ1) is 13.1. The summed E-state index contributed by atoms with van der Waals surface area (Å²) in [6, 6.07) is 16.9. The minimum atomic E-state index is 0.243. The maximum absolute atomic E-state index is 5.33. The van der Waals surface area contributed by atoms with E-state index in [0.29, 0.717) is 0 Å². The highest BCUT2D eigenvalue weighted by Crippen LogP contribution is 2.38. The van der Waals surface area contributed by atoms with E-state index in [1.54, 1.807) is 14.2 Å².